The Kier molecular flexibility index (Phi) is 9.17. The number of rotatable bonds is 9. The van der Waals surface area contributed by atoms with Crippen molar-refractivity contribution in [1.82, 2.24) is 16.0 Å². The van der Waals surface area contributed by atoms with E-state index in [9.17, 15) is 4.79 Å². The summed E-state index contributed by atoms with van der Waals surface area (Å²) >= 11 is 2.04. The second kappa shape index (κ2) is 11.7. The van der Waals surface area contributed by atoms with Gasteiger partial charge in [-0.05, 0) is 50.1 Å². The third-order valence-electron chi connectivity index (χ3n) is 3.93. The van der Waals surface area contributed by atoms with Crippen LogP contribution in [0, 0.1) is 0 Å². The molecule has 1 atom stereocenters. The van der Waals surface area contributed by atoms with Crippen molar-refractivity contribution in [2.24, 2.45) is 4.99 Å². The molecule has 144 valence electrons. The molecule has 0 aliphatic carbocycles. The molecule has 0 spiro atoms. The van der Waals surface area contributed by atoms with Gasteiger partial charge in [-0.3, -0.25) is 4.79 Å². The molecule has 1 aromatic carbocycles. The van der Waals surface area contributed by atoms with E-state index < -0.39 is 0 Å². The lowest BCUT2D eigenvalue weighted by Gasteiger charge is -2.14. The average Bonchev–Trinajstić information content (AvgIpc) is 3.16. The van der Waals surface area contributed by atoms with Gasteiger partial charge in [0.2, 0.25) is 0 Å². The van der Waals surface area contributed by atoms with Crippen LogP contribution in [-0.4, -0.2) is 49.1 Å². The third kappa shape index (κ3) is 7.56. The number of nitrogens with one attached hydrogen (secondary N) is 3. The van der Waals surface area contributed by atoms with E-state index in [1.165, 1.54) is 18.6 Å². The van der Waals surface area contributed by atoms with Crippen LogP contribution in [0.3, 0.4) is 0 Å². The molecule has 1 heterocycles. The highest BCUT2D eigenvalue weighted by Crippen LogP contribution is 2.25. The number of carbonyl (C=O) groups excluding carboxylic acids is 1. The van der Waals surface area contributed by atoms with Crippen molar-refractivity contribution >= 4 is 23.6 Å². The Bertz CT molecular complexity index is 589. The van der Waals surface area contributed by atoms with Crippen LogP contribution in [0.5, 0.6) is 5.75 Å². The van der Waals surface area contributed by atoms with Crippen LogP contribution in [0.2, 0.25) is 0 Å². The van der Waals surface area contributed by atoms with Gasteiger partial charge in [-0.2, -0.15) is 11.8 Å². The Morgan fingerprint density at radius 2 is 2.12 bits per heavy atom. The standard InChI is InChI=1S/C19H30N4O2S/c1-3-20-18(24)14-25-16-8-5-7-15(11-16)12-22-19(21-4-2)23-13-17-9-6-10-26-17/h5,7-8,11,17H,3-4,6,9-10,12-14H2,1-2H3,(H,20,24)(H2,21,22,23). The Hall–Kier alpha value is -1.89. The van der Waals surface area contributed by atoms with Crippen LogP contribution in [-0.2, 0) is 11.3 Å². The fourth-order valence-corrected chi connectivity index (χ4v) is 3.86. The highest BCUT2D eigenvalue weighted by Gasteiger charge is 2.15. The summed E-state index contributed by atoms with van der Waals surface area (Å²) in [6, 6.07) is 7.72. The Labute approximate surface area is 160 Å². The monoisotopic (exact) mass is 378 g/mol. The molecule has 0 saturated carbocycles. The van der Waals surface area contributed by atoms with Gasteiger partial charge in [0.25, 0.3) is 5.91 Å². The van der Waals surface area contributed by atoms with Crippen LogP contribution in [0.25, 0.3) is 0 Å². The summed E-state index contributed by atoms with van der Waals surface area (Å²) in [5, 5.41) is 10.1. The second-order valence-electron chi connectivity index (χ2n) is 6.10. The molecule has 0 bridgehead atoms. The van der Waals surface area contributed by atoms with Gasteiger partial charge < -0.3 is 20.7 Å². The number of hydrogen-bond acceptors (Lipinski definition) is 4. The van der Waals surface area contributed by atoms with Gasteiger partial charge in [0.15, 0.2) is 12.6 Å². The van der Waals surface area contributed by atoms with E-state index in [-0.39, 0.29) is 12.5 Å². The average molecular weight is 379 g/mol. The van der Waals surface area contributed by atoms with Crippen LogP contribution < -0.4 is 20.7 Å². The molecule has 1 aromatic rings. The molecule has 7 heteroatoms. The highest BCUT2D eigenvalue weighted by molar-refractivity contribution is 8.00. The molecular weight excluding hydrogens is 348 g/mol. The van der Waals surface area contributed by atoms with Gasteiger partial charge in [-0.1, -0.05) is 12.1 Å². The molecule has 0 aromatic heterocycles. The molecule has 1 aliphatic heterocycles. The maximum atomic E-state index is 11.5. The number of guanidine groups is 1. The zero-order valence-corrected chi connectivity index (χ0v) is 16.5. The molecule has 6 nitrogen and oxygen atoms in total. The smallest absolute Gasteiger partial charge is 0.257 e. The van der Waals surface area contributed by atoms with E-state index in [0.29, 0.717) is 24.1 Å². The Morgan fingerprint density at radius 3 is 2.85 bits per heavy atom. The lowest BCUT2D eigenvalue weighted by atomic mass is 10.2. The molecule has 1 aliphatic rings. The largest absolute Gasteiger partial charge is 0.484 e. The minimum absolute atomic E-state index is 0.0316. The number of nitrogens with zero attached hydrogens (tertiary/aromatic N) is 1. The quantitative estimate of drug-likeness (QED) is 0.454. The summed E-state index contributed by atoms with van der Waals surface area (Å²) in [5.74, 6) is 2.68. The van der Waals surface area contributed by atoms with Crippen molar-refractivity contribution in [2.45, 2.75) is 38.5 Å². The number of thioether (sulfide) groups is 1. The molecule has 1 unspecified atom stereocenters. The van der Waals surface area contributed by atoms with Gasteiger partial charge in [-0.25, -0.2) is 4.99 Å². The van der Waals surface area contributed by atoms with Crippen molar-refractivity contribution in [3.63, 3.8) is 0 Å². The molecule has 2 rings (SSSR count). The van der Waals surface area contributed by atoms with E-state index >= 15 is 0 Å². The number of ether oxygens (including phenoxy) is 1. The van der Waals surface area contributed by atoms with Crippen LogP contribution in [0.1, 0.15) is 32.3 Å². The number of likely N-dealkylation sites (N-methyl/N-ethyl adjacent to an activating group) is 1. The van der Waals surface area contributed by atoms with E-state index in [1.807, 2.05) is 43.0 Å². The SMILES string of the molecule is CCNC(=O)COc1cccc(CN=C(NCC)NCC2CCCS2)c1. The first-order valence-corrected chi connectivity index (χ1v) is 10.4. The van der Waals surface area contributed by atoms with Gasteiger partial charge in [0, 0.05) is 24.9 Å². The van der Waals surface area contributed by atoms with Gasteiger partial charge in [-0.15, -0.1) is 0 Å². The molecule has 1 fully saturated rings. The Morgan fingerprint density at radius 1 is 1.27 bits per heavy atom. The predicted octanol–water partition coefficient (Wildman–Crippen LogP) is 2.15. The second-order valence-corrected chi connectivity index (χ2v) is 7.51. The summed E-state index contributed by atoms with van der Waals surface area (Å²) in [5.41, 5.74) is 1.05. The van der Waals surface area contributed by atoms with Crippen molar-refractivity contribution in [3.8, 4) is 5.75 Å². The van der Waals surface area contributed by atoms with Crippen molar-refractivity contribution in [2.75, 3.05) is 32.0 Å². The predicted molar refractivity (Wildman–Crippen MR) is 109 cm³/mol. The molecule has 0 radical (unpaired) electrons. The minimum Gasteiger partial charge on any atom is -0.484 e. The first kappa shape index (κ1) is 20.4. The van der Waals surface area contributed by atoms with E-state index in [0.717, 1.165) is 24.6 Å². The molecule has 1 amide bonds. The van der Waals surface area contributed by atoms with E-state index in [1.54, 1.807) is 0 Å². The first-order chi connectivity index (χ1) is 12.7. The minimum atomic E-state index is -0.112. The number of hydrogen-bond donors (Lipinski definition) is 3. The van der Waals surface area contributed by atoms with E-state index in [2.05, 4.69) is 27.9 Å². The van der Waals surface area contributed by atoms with Crippen molar-refractivity contribution in [3.05, 3.63) is 29.8 Å². The zero-order valence-electron chi connectivity index (χ0n) is 15.7. The maximum absolute atomic E-state index is 11.5. The fraction of sp³-hybridized carbons (Fsp3) is 0.579. The van der Waals surface area contributed by atoms with Gasteiger partial charge in [0.05, 0.1) is 6.54 Å². The molecule has 1 saturated heterocycles. The van der Waals surface area contributed by atoms with E-state index in [4.69, 9.17) is 4.74 Å². The van der Waals surface area contributed by atoms with Crippen LogP contribution in [0.15, 0.2) is 29.3 Å². The number of benzene rings is 1. The topological polar surface area (TPSA) is 74.8 Å². The van der Waals surface area contributed by atoms with Crippen molar-refractivity contribution < 1.29 is 9.53 Å². The van der Waals surface area contributed by atoms with Crippen molar-refractivity contribution in [1.29, 1.82) is 0 Å². The summed E-state index contributed by atoms with van der Waals surface area (Å²) < 4.78 is 5.54. The number of amides is 1. The van der Waals surface area contributed by atoms with Crippen LogP contribution >= 0.6 is 11.8 Å². The van der Waals surface area contributed by atoms with Gasteiger partial charge in [0.1, 0.15) is 5.75 Å². The van der Waals surface area contributed by atoms with Crippen LogP contribution in [0.4, 0.5) is 0 Å². The summed E-state index contributed by atoms with van der Waals surface area (Å²) in [6.45, 7) is 6.94. The molecule has 3 N–H and O–H groups in total. The summed E-state index contributed by atoms with van der Waals surface area (Å²) in [6.07, 6.45) is 2.59. The summed E-state index contributed by atoms with van der Waals surface area (Å²) in [4.78, 5) is 16.2. The lowest BCUT2D eigenvalue weighted by molar-refractivity contribution is -0.122. The number of aliphatic imine (C=N–C) groups is 1. The maximum Gasteiger partial charge on any atom is 0.257 e. The first-order valence-electron chi connectivity index (χ1n) is 9.33. The zero-order chi connectivity index (χ0) is 18.6. The Balaban J connectivity index is 1.86. The normalized spacial score (nSPS) is 17.0. The lowest BCUT2D eigenvalue weighted by Crippen LogP contribution is -2.40. The molecular formula is C19H30N4O2S. The molecule has 26 heavy (non-hydrogen) atoms. The summed E-state index contributed by atoms with van der Waals surface area (Å²) in [7, 11) is 0. The fourth-order valence-electron chi connectivity index (χ4n) is 2.66. The highest BCUT2D eigenvalue weighted by atomic mass is 32.2. The van der Waals surface area contributed by atoms with Gasteiger partial charge >= 0.3 is 0 Å². The number of carbonyl (C=O) groups is 1. The third-order valence-corrected chi connectivity index (χ3v) is 5.33.